The zero-order valence-corrected chi connectivity index (χ0v) is 18.2. The van der Waals surface area contributed by atoms with E-state index in [0.717, 1.165) is 31.2 Å². The predicted octanol–water partition coefficient (Wildman–Crippen LogP) is 4.30. The van der Waals surface area contributed by atoms with Gasteiger partial charge < -0.3 is 4.74 Å². The molecule has 0 aliphatic carbocycles. The van der Waals surface area contributed by atoms with Crippen LogP contribution >= 0.6 is 0 Å². The predicted molar refractivity (Wildman–Crippen MR) is 118 cm³/mol. The number of hydroxylamine groups is 2. The molecule has 6 nitrogen and oxygen atoms in total. The zero-order valence-electron chi connectivity index (χ0n) is 18.2. The van der Waals surface area contributed by atoms with Gasteiger partial charge in [-0.25, -0.2) is 9.45 Å². The Balaban J connectivity index is 1.90. The van der Waals surface area contributed by atoms with Crippen molar-refractivity contribution in [2.24, 2.45) is 5.10 Å². The van der Waals surface area contributed by atoms with Gasteiger partial charge in [0.1, 0.15) is 35.6 Å². The summed E-state index contributed by atoms with van der Waals surface area (Å²) in [6.07, 6.45) is 3.74. The number of hydrogen-bond acceptors (Lipinski definition) is 5. The topological polar surface area (TPSA) is 54.4 Å². The number of anilines is 1. The van der Waals surface area contributed by atoms with Crippen molar-refractivity contribution in [2.75, 3.05) is 25.8 Å². The molecule has 31 heavy (non-hydrogen) atoms. The van der Waals surface area contributed by atoms with E-state index in [1.54, 1.807) is 18.1 Å². The first-order valence-electron chi connectivity index (χ1n) is 10.7. The Morgan fingerprint density at radius 1 is 1.29 bits per heavy atom. The lowest BCUT2D eigenvalue weighted by atomic mass is 9.67. The fourth-order valence-corrected chi connectivity index (χ4v) is 4.64. The quantitative estimate of drug-likeness (QED) is 0.490. The van der Waals surface area contributed by atoms with Crippen LogP contribution in [0.25, 0.3) is 0 Å². The van der Waals surface area contributed by atoms with Crippen LogP contribution in [0.3, 0.4) is 0 Å². The lowest BCUT2D eigenvalue weighted by Crippen LogP contribution is -2.55. The molecular weight excluding hydrogens is 397 g/mol. The van der Waals surface area contributed by atoms with Gasteiger partial charge in [-0.05, 0) is 24.1 Å². The highest BCUT2D eigenvalue weighted by Gasteiger charge is 2.57. The van der Waals surface area contributed by atoms with E-state index in [4.69, 9.17) is 14.7 Å². The van der Waals surface area contributed by atoms with Crippen LogP contribution in [-0.2, 0) is 15.0 Å². The molecule has 0 spiro atoms. The third kappa shape index (κ3) is 3.57. The minimum absolute atomic E-state index is 0.273. The van der Waals surface area contributed by atoms with Crippen LogP contribution < -0.4 is 9.75 Å². The minimum atomic E-state index is -0.704. The van der Waals surface area contributed by atoms with Crippen LogP contribution in [0.15, 0.2) is 53.6 Å². The van der Waals surface area contributed by atoms with Crippen LogP contribution in [0, 0.1) is 5.82 Å². The number of unbranched alkanes of at least 4 members (excludes halogenated alkanes) is 2. The lowest BCUT2D eigenvalue weighted by molar-refractivity contribution is -0.160. The summed E-state index contributed by atoms with van der Waals surface area (Å²) in [4.78, 5) is 18.7. The van der Waals surface area contributed by atoms with Crippen molar-refractivity contribution in [1.29, 1.82) is 0 Å². The van der Waals surface area contributed by atoms with Crippen LogP contribution in [0.4, 0.5) is 10.1 Å². The number of hydrogen-bond donors (Lipinski definition) is 0. The van der Waals surface area contributed by atoms with Crippen LogP contribution in [0.5, 0.6) is 5.75 Å². The molecule has 0 bridgehead atoms. The fourth-order valence-electron chi connectivity index (χ4n) is 4.64. The summed E-state index contributed by atoms with van der Waals surface area (Å²) in [5.74, 6) is -0.121. The van der Waals surface area contributed by atoms with E-state index in [-0.39, 0.29) is 17.8 Å². The molecule has 0 saturated carbocycles. The highest BCUT2D eigenvalue weighted by atomic mass is 19.1. The lowest BCUT2D eigenvalue weighted by Gasteiger charge is -2.41. The van der Waals surface area contributed by atoms with Gasteiger partial charge in [0.15, 0.2) is 0 Å². The molecule has 0 fully saturated rings. The monoisotopic (exact) mass is 425 g/mol. The third-order valence-electron chi connectivity index (χ3n) is 6.28. The molecule has 2 aliphatic heterocycles. The van der Waals surface area contributed by atoms with E-state index in [1.807, 2.05) is 30.3 Å². The first-order valence-corrected chi connectivity index (χ1v) is 10.7. The van der Waals surface area contributed by atoms with E-state index in [2.05, 4.69) is 6.92 Å². The number of amides is 1. The van der Waals surface area contributed by atoms with E-state index >= 15 is 0 Å². The van der Waals surface area contributed by atoms with Gasteiger partial charge >= 0.3 is 0 Å². The normalized spacial score (nSPS) is 21.7. The van der Waals surface area contributed by atoms with Crippen molar-refractivity contribution in [1.82, 2.24) is 5.06 Å². The number of rotatable bonds is 7. The molecule has 0 radical (unpaired) electrons. The molecule has 2 aliphatic rings. The summed E-state index contributed by atoms with van der Waals surface area (Å²) >= 11 is 0. The molecule has 4 rings (SSSR count). The Kier molecular flexibility index (Phi) is 5.96. The van der Waals surface area contributed by atoms with Gasteiger partial charge in [0.25, 0.3) is 5.91 Å². The van der Waals surface area contributed by atoms with Crippen molar-refractivity contribution in [3.63, 3.8) is 0 Å². The van der Waals surface area contributed by atoms with E-state index < -0.39 is 5.41 Å². The maximum Gasteiger partial charge on any atom is 0.294 e. The van der Waals surface area contributed by atoms with Crippen molar-refractivity contribution in [3.05, 3.63) is 59.9 Å². The summed E-state index contributed by atoms with van der Waals surface area (Å²) in [7, 11) is 3.03. The summed E-state index contributed by atoms with van der Waals surface area (Å²) in [5.41, 5.74) is 1.23. The second-order valence-corrected chi connectivity index (χ2v) is 8.01. The number of halogens is 1. The average Bonchev–Trinajstić information content (AvgIpc) is 3.14. The highest BCUT2D eigenvalue weighted by molar-refractivity contribution is 6.43. The smallest absolute Gasteiger partial charge is 0.294 e. The standard InChI is InChI=1S/C24H28FN3O3/c1-4-5-9-14-24(17-10-7-6-8-11-17)21-16-31-20-13-12-18(25)15-19(20)28(21)26-22(24)23(29)27(2)30-3/h6-8,10-13,15,21H,4-5,9,14,16H2,1-3H3. The average molecular weight is 426 g/mol. The number of nitrogens with zero attached hydrogens (tertiary/aromatic N) is 3. The number of hydrazone groups is 1. The molecule has 0 saturated heterocycles. The molecular formula is C24H28FN3O3. The molecule has 2 aromatic carbocycles. The minimum Gasteiger partial charge on any atom is -0.489 e. The van der Waals surface area contributed by atoms with Crippen LogP contribution in [0.2, 0.25) is 0 Å². The van der Waals surface area contributed by atoms with E-state index in [0.29, 0.717) is 23.8 Å². The molecule has 0 aromatic heterocycles. The second kappa shape index (κ2) is 8.67. The zero-order chi connectivity index (χ0) is 22.0. The summed E-state index contributed by atoms with van der Waals surface area (Å²) < 4.78 is 20.2. The Morgan fingerprint density at radius 2 is 2.06 bits per heavy atom. The molecule has 2 unspecified atom stereocenters. The third-order valence-corrected chi connectivity index (χ3v) is 6.28. The Labute approximate surface area is 182 Å². The number of ether oxygens (including phenoxy) is 1. The maximum atomic E-state index is 14.1. The number of carbonyl (C=O) groups is 1. The largest absolute Gasteiger partial charge is 0.489 e. The molecule has 2 aromatic rings. The van der Waals surface area contributed by atoms with E-state index in [1.165, 1.54) is 24.3 Å². The van der Waals surface area contributed by atoms with Crippen molar-refractivity contribution >= 4 is 17.3 Å². The second-order valence-electron chi connectivity index (χ2n) is 8.01. The molecule has 2 atom stereocenters. The molecule has 0 N–H and O–H groups in total. The Morgan fingerprint density at radius 3 is 2.77 bits per heavy atom. The highest BCUT2D eigenvalue weighted by Crippen LogP contribution is 2.48. The summed E-state index contributed by atoms with van der Waals surface area (Å²) in [5, 5.41) is 7.77. The summed E-state index contributed by atoms with van der Waals surface area (Å²) in [6, 6.07) is 14.1. The van der Waals surface area contributed by atoms with Gasteiger partial charge in [0, 0.05) is 13.1 Å². The Bertz CT molecular complexity index is 981. The van der Waals surface area contributed by atoms with E-state index in [9.17, 15) is 9.18 Å². The Hall–Kier alpha value is -2.93. The first-order chi connectivity index (χ1) is 15.0. The van der Waals surface area contributed by atoms with Gasteiger partial charge in [-0.3, -0.25) is 14.6 Å². The summed E-state index contributed by atoms with van der Waals surface area (Å²) in [6.45, 7) is 2.49. The van der Waals surface area contributed by atoms with Gasteiger partial charge in [0.05, 0.1) is 12.5 Å². The fraction of sp³-hybridized carbons (Fsp3) is 0.417. The van der Waals surface area contributed by atoms with Crippen LogP contribution in [-0.4, -0.2) is 43.5 Å². The maximum absolute atomic E-state index is 14.1. The number of carbonyl (C=O) groups excluding carboxylic acids is 1. The molecule has 7 heteroatoms. The van der Waals surface area contributed by atoms with Gasteiger partial charge in [-0.2, -0.15) is 5.10 Å². The number of benzene rings is 2. The van der Waals surface area contributed by atoms with Crippen molar-refractivity contribution < 1.29 is 18.8 Å². The van der Waals surface area contributed by atoms with Gasteiger partial charge in [0.2, 0.25) is 0 Å². The van der Waals surface area contributed by atoms with Crippen molar-refractivity contribution in [2.45, 2.75) is 44.1 Å². The SMILES string of the molecule is CCCCCC1(c2ccccc2)C(C(=O)N(C)OC)=NN2c3cc(F)ccc3OCC21. The number of fused-ring (bicyclic) bond motifs is 3. The molecule has 1 amide bonds. The van der Waals surface area contributed by atoms with Crippen molar-refractivity contribution in [3.8, 4) is 5.75 Å². The van der Waals surface area contributed by atoms with Gasteiger partial charge in [-0.15, -0.1) is 0 Å². The van der Waals surface area contributed by atoms with Gasteiger partial charge in [-0.1, -0.05) is 56.5 Å². The molecule has 2 heterocycles. The van der Waals surface area contributed by atoms with Crippen LogP contribution in [0.1, 0.15) is 38.2 Å². The first kappa shape index (κ1) is 21.3. The molecule has 164 valence electrons.